The zero-order valence-corrected chi connectivity index (χ0v) is 57.6. The van der Waals surface area contributed by atoms with Gasteiger partial charge >= 0.3 is 29.8 Å². The van der Waals surface area contributed by atoms with Crippen molar-refractivity contribution in [3.05, 3.63) is 71.0 Å². The summed E-state index contributed by atoms with van der Waals surface area (Å²) in [5.41, 5.74) is -3.15. The van der Waals surface area contributed by atoms with E-state index in [-0.39, 0.29) is 23.8 Å². The topological polar surface area (TPSA) is 401 Å². The number of alkyl halides is 2. The molecule has 2 fully saturated rings. The van der Waals surface area contributed by atoms with Crippen molar-refractivity contribution in [3.8, 4) is 0 Å². The monoisotopic (exact) mass is 1530 g/mol. The van der Waals surface area contributed by atoms with Gasteiger partial charge in [-0.25, -0.2) is 24.3 Å². The van der Waals surface area contributed by atoms with Gasteiger partial charge in [0.25, 0.3) is 0 Å². The van der Waals surface area contributed by atoms with E-state index < -0.39 is 83.9 Å². The highest BCUT2D eigenvalue weighted by molar-refractivity contribution is 14.1. The summed E-state index contributed by atoms with van der Waals surface area (Å²) in [6.07, 6.45) is 6.42. The van der Waals surface area contributed by atoms with Crippen LogP contribution >= 0.6 is 68.4 Å². The molecule has 0 spiro atoms. The Labute approximate surface area is 560 Å². The van der Waals surface area contributed by atoms with Crippen LogP contribution in [-0.4, -0.2) is 175 Å². The molecule has 0 aliphatic carbocycles. The zero-order valence-electron chi connectivity index (χ0n) is 51.7. The molecule has 30 heteroatoms. The second-order valence-electron chi connectivity index (χ2n) is 23.5. The molecule has 2 aromatic heterocycles. The summed E-state index contributed by atoms with van der Waals surface area (Å²) in [5, 5.41) is 86.1. The number of nitrogens with one attached hydrogen (secondary N) is 3. The molecule has 504 valence electrons. The molecule has 0 amide bonds. The smallest absolute Gasteiger partial charge is 0.336 e. The number of hydrogen-bond donors (Lipinski definition) is 11. The fraction of sp³-hybridized carbons (Fsp3) is 0.600. The molecule has 4 heterocycles. The number of carboxylic acids is 6. The number of fused-ring (bicyclic) bond motifs is 2. The maximum atomic E-state index is 10.3. The van der Waals surface area contributed by atoms with Gasteiger partial charge in [-0.1, -0.05) is 68.4 Å². The van der Waals surface area contributed by atoms with Gasteiger partial charge < -0.3 is 76.4 Å². The number of pyridine rings is 2. The van der Waals surface area contributed by atoms with Crippen LogP contribution in [0, 0.1) is 0 Å². The number of rotatable bonds is 32. The first-order chi connectivity index (χ1) is 42.0. The molecule has 0 saturated carbocycles. The van der Waals surface area contributed by atoms with Crippen LogP contribution in [0.5, 0.6) is 0 Å². The molecule has 2 aliphatic rings. The van der Waals surface area contributed by atoms with Crippen LogP contribution in [0.15, 0.2) is 60.9 Å². The third-order valence-corrected chi connectivity index (χ3v) is 18.5. The number of aliphatic carboxylic acids is 6. The van der Waals surface area contributed by atoms with Gasteiger partial charge in [0.2, 0.25) is 0 Å². The molecule has 26 nitrogen and oxygen atoms in total. The predicted molar refractivity (Wildman–Crippen MR) is 350 cm³/mol. The average Bonchev–Trinajstić information content (AvgIpc) is 0.911. The number of unbranched alkanes of at least 4 members (excludes halogenated alkanes) is 2. The standard InChI is InChI=1S/2C24H35ClIN3O3.2C6H8O7/c2*1-17(7-10-22-30-24(4,16-26)23(2,3)32-31-22)27-12-5-6-13-28-20-11-14-29-21-15-18(25)8-9-19(20)21;2*7-3(8)1-6(13,5(11)12)2-4(9)10/h2*8-9,11,14-15,17,22,27H,5-7,10,12-13,16H2,1-4H3,(H,28,29);2*13H,1-2H2,(H,7,8)(H,9,10)(H,11,12). The molecule has 2 aliphatic heterocycles. The van der Waals surface area contributed by atoms with Crippen LogP contribution < -0.4 is 26.4 Å². The summed E-state index contributed by atoms with van der Waals surface area (Å²) in [5.74, 6) is -10.4. The predicted octanol–water partition coefficient (Wildman–Crippen LogP) is 7.37. The lowest BCUT2D eigenvalue weighted by molar-refractivity contribution is -0.687. The lowest BCUT2D eigenvalue weighted by Crippen LogP contribution is -2.89. The van der Waals surface area contributed by atoms with Crippen molar-refractivity contribution < 1.29 is 104 Å². The fourth-order valence-corrected chi connectivity index (χ4v) is 11.2. The summed E-state index contributed by atoms with van der Waals surface area (Å²) in [7, 11) is 0. The number of carbonyl (C=O) groups excluding carboxylic acids is 1. The largest absolute Gasteiger partial charge is 0.547 e. The summed E-state index contributed by atoms with van der Waals surface area (Å²) in [6, 6.07) is 16.6. The van der Waals surface area contributed by atoms with Gasteiger partial charge in [0, 0.05) is 91.8 Å². The first kappa shape index (κ1) is 79.6. The zero-order chi connectivity index (χ0) is 67.7. The molecular formula is C60H86Cl2I2N6O20. The molecule has 2 aromatic carbocycles. The number of anilines is 2. The normalized spacial score (nSPS) is 20.1. The summed E-state index contributed by atoms with van der Waals surface area (Å²) in [6.45, 7) is 20.7. The van der Waals surface area contributed by atoms with Crippen molar-refractivity contribution in [1.82, 2.24) is 15.3 Å². The van der Waals surface area contributed by atoms with E-state index in [1.165, 1.54) is 0 Å². The molecule has 12 N–H and O–H groups in total. The molecule has 2 saturated heterocycles. The lowest BCUT2D eigenvalue weighted by atomic mass is 9.89. The van der Waals surface area contributed by atoms with E-state index in [4.69, 9.17) is 88.0 Å². The molecular weight excluding hydrogens is 1450 g/mol. The number of nitrogens with two attached hydrogens (primary N) is 1. The molecule has 4 aromatic rings. The van der Waals surface area contributed by atoms with Gasteiger partial charge in [0.1, 0.15) is 28.0 Å². The van der Waals surface area contributed by atoms with E-state index in [2.05, 4.69) is 104 Å². The maximum absolute atomic E-state index is 10.3. The van der Waals surface area contributed by atoms with E-state index in [0.29, 0.717) is 22.1 Å². The SMILES string of the molecule is CC(CCC1OOC(C)(C)C(C)(CI)O1)NCCCCNc1ccnc2cc(Cl)ccc12.CC(CCC1OOC(C)(C)C(C)(CI)O1)[NH2+]CCCCNc1ccnc2cc(Cl)ccc12.O=C(O)CC(O)(CC(=O)O)C(=O)O.O=C(O)CC(O)(CC(=O)O)C(=O)[O-]. The Morgan fingerprint density at radius 1 is 0.622 bits per heavy atom. The minimum absolute atomic E-state index is 0.298. The van der Waals surface area contributed by atoms with Gasteiger partial charge in [-0.15, -0.1) is 0 Å². The second kappa shape index (κ2) is 37.3. The number of ether oxygens (including phenoxy) is 2. The Hall–Kier alpha value is -4.68. The summed E-state index contributed by atoms with van der Waals surface area (Å²) >= 11 is 16.8. The van der Waals surface area contributed by atoms with Gasteiger partial charge in [-0.05, 0) is 143 Å². The highest BCUT2D eigenvalue weighted by Gasteiger charge is 2.51. The van der Waals surface area contributed by atoms with Crippen molar-refractivity contribution >= 4 is 137 Å². The van der Waals surface area contributed by atoms with Crippen LogP contribution in [0.2, 0.25) is 10.0 Å². The number of hydrogen-bond acceptors (Lipinski definition) is 20. The number of aromatic nitrogens is 2. The average molecular weight is 1540 g/mol. The number of nitrogens with zero attached hydrogens (tertiary/aromatic N) is 2. The summed E-state index contributed by atoms with van der Waals surface area (Å²) in [4.78, 5) is 91.9. The summed E-state index contributed by atoms with van der Waals surface area (Å²) < 4.78 is 14.2. The molecule has 90 heavy (non-hydrogen) atoms. The van der Waals surface area contributed by atoms with E-state index in [0.717, 1.165) is 120 Å². The third kappa shape index (κ3) is 26.0. The number of aliphatic hydroxyl groups is 2. The van der Waals surface area contributed by atoms with Crippen LogP contribution in [-0.2, 0) is 57.8 Å². The fourth-order valence-electron chi connectivity index (χ4n) is 8.72. The van der Waals surface area contributed by atoms with Gasteiger partial charge in [0.05, 0.1) is 55.3 Å². The Balaban J connectivity index is 0.000000341. The van der Waals surface area contributed by atoms with E-state index in [9.17, 15) is 33.9 Å². The van der Waals surface area contributed by atoms with E-state index in [1.54, 1.807) is 0 Å². The van der Waals surface area contributed by atoms with E-state index in [1.807, 2.05) is 88.6 Å². The van der Waals surface area contributed by atoms with Crippen molar-refractivity contribution in [3.63, 3.8) is 0 Å². The van der Waals surface area contributed by atoms with E-state index >= 15 is 0 Å². The second-order valence-corrected chi connectivity index (χ2v) is 25.9. The van der Waals surface area contributed by atoms with Gasteiger partial charge in [-0.3, -0.25) is 29.1 Å². The minimum atomic E-state index is -2.85. The highest BCUT2D eigenvalue weighted by Crippen LogP contribution is 2.39. The van der Waals surface area contributed by atoms with Crippen LogP contribution in [0.3, 0.4) is 0 Å². The number of quaternary nitrogens is 1. The third-order valence-electron chi connectivity index (χ3n) is 15.2. The van der Waals surface area contributed by atoms with Crippen molar-refractivity contribution in [2.75, 3.05) is 45.7 Å². The van der Waals surface area contributed by atoms with Crippen molar-refractivity contribution in [2.24, 2.45) is 0 Å². The number of benzene rings is 2. The van der Waals surface area contributed by atoms with Gasteiger partial charge in [0.15, 0.2) is 18.2 Å². The maximum Gasteiger partial charge on any atom is 0.336 e. The van der Waals surface area contributed by atoms with Crippen LogP contribution in [0.4, 0.5) is 11.4 Å². The van der Waals surface area contributed by atoms with Crippen molar-refractivity contribution in [1.29, 1.82) is 0 Å². The highest BCUT2D eigenvalue weighted by atomic mass is 127. The molecule has 6 rings (SSSR count). The number of halogens is 4. The first-order valence-electron chi connectivity index (χ1n) is 29.1. The Bertz CT molecular complexity index is 2760. The molecule has 6 unspecified atom stereocenters. The molecule has 6 atom stereocenters. The van der Waals surface area contributed by atoms with Crippen LogP contribution in [0.1, 0.15) is 132 Å². The molecule has 0 radical (unpaired) electrons. The quantitative estimate of drug-likeness (QED) is 0.00983. The van der Waals surface area contributed by atoms with Crippen LogP contribution in [0.25, 0.3) is 21.8 Å². The van der Waals surface area contributed by atoms with Gasteiger partial charge in [-0.2, -0.15) is 0 Å². The lowest BCUT2D eigenvalue weighted by Gasteiger charge is -2.47. The Morgan fingerprint density at radius 2 is 1.02 bits per heavy atom. The number of carboxylic acid groups (broad SMARTS) is 6. The first-order valence-corrected chi connectivity index (χ1v) is 32.9. The Morgan fingerprint density at radius 3 is 1.42 bits per heavy atom. The minimum Gasteiger partial charge on any atom is -0.547 e. The Kier molecular flexibility index (Phi) is 32.9. The van der Waals surface area contributed by atoms with Crippen molar-refractivity contribution in [2.45, 2.75) is 191 Å². The number of carbonyl (C=O) groups is 6. The molecule has 0 bridgehead atoms.